The van der Waals surface area contributed by atoms with Crippen molar-refractivity contribution in [2.75, 3.05) is 32.7 Å². The maximum absolute atomic E-state index is 13.8. The van der Waals surface area contributed by atoms with Gasteiger partial charge in [0.25, 0.3) is 0 Å². The van der Waals surface area contributed by atoms with Crippen molar-refractivity contribution in [2.24, 2.45) is 4.99 Å². The van der Waals surface area contributed by atoms with E-state index in [1.165, 1.54) is 5.57 Å². The summed E-state index contributed by atoms with van der Waals surface area (Å²) in [6, 6.07) is 22.2. The van der Waals surface area contributed by atoms with Gasteiger partial charge in [0.2, 0.25) is 0 Å². The Hall–Kier alpha value is -4.46. The Bertz CT molecular complexity index is 1530. The van der Waals surface area contributed by atoms with Gasteiger partial charge in [-0.25, -0.2) is 9.59 Å². The van der Waals surface area contributed by atoms with Crippen LogP contribution in [0.4, 0.5) is 9.59 Å². The molecule has 8 nitrogen and oxygen atoms in total. The lowest BCUT2D eigenvalue weighted by Crippen LogP contribution is -2.50. The number of amides is 3. The Morgan fingerprint density at radius 1 is 0.905 bits per heavy atom. The number of rotatable bonds is 4. The summed E-state index contributed by atoms with van der Waals surface area (Å²) in [4.78, 5) is 39.4. The predicted octanol–water partition coefficient (Wildman–Crippen LogP) is 5.67. The highest BCUT2D eigenvalue weighted by atomic mass is 16.6. The molecule has 2 atom stereocenters. The van der Waals surface area contributed by atoms with Gasteiger partial charge in [0, 0.05) is 50.1 Å². The van der Waals surface area contributed by atoms with Crippen molar-refractivity contribution >= 4 is 17.8 Å². The number of hydrogen-bond donors (Lipinski definition) is 1. The lowest BCUT2D eigenvalue weighted by atomic mass is 9.91. The molecule has 1 saturated heterocycles. The number of carbonyl (C=O) groups is 2. The van der Waals surface area contributed by atoms with Gasteiger partial charge in [0.15, 0.2) is 0 Å². The zero-order valence-corrected chi connectivity index (χ0v) is 24.4. The first-order valence-electron chi connectivity index (χ1n) is 14.6. The average molecular weight is 564 g/mol. The van der Waals surface area contributed by atoms with E-state index in [0.29, 0.717) is 32.7 Å². The SMILES string of the molecule is CC(C)(C)OC(=O)N1CC(NC(=O)N2CCC3=C(C2)C(c2ccncc2)=NC3)C(c2cccc(-c3ccccc3)c2)C1. The molecule has 6 rings (SSSR count). The monoisotopic (exact) mass is 563 g/mol. The van der Waals surface area contributed by atoms with Crippen molar-refractivity contribution in [3.8, 4) is 11.1 Å². The van der Waals surface area contributed by atoms with Gasteiger partial charge in [0.1, 0.15) is 5.60 Å². The number of hydrogen-bond acceptors (Lipinski definition) is 5. The fourth-order valence-electron chi connectivity index (χ4n) is 6.03. The molecule has 2 unspecified atom stereocenters. The molecule has 42 heavy (non-hydrogen) atoms. The molecule has 216 valence electrons. The van der Waals surface area contributed by atoms with Gasteiger partial charge < -0.3 is 19.9 Å². The molecule has 0 spiro atoms. The van der Waals surface area contributed by atoms with Crippen LogP contribution in [0, 0.1) is 0 Å². The number of nitrogens with zero attached hydrogens (tertiary/aromatic N) is 4. The molecule has 1 fully saturated rings. The first kappa shape index (κ1) is 27.7. The van der Waals surface area contributed by atoms with Gasteiger partial charge in [-0.3, -0.25) is 9.98 Å². The van der Waals surface area contributed by atoms with Crippen molar-refractivity contribution < 1.29 is 14.3 Å². The summed E-state index contributed by atoms with van der Waals surface area (Å²) < 4.78 is 5.71. The molecule has 3 aliphatic heterocycles. The molecule has 1 aromatic heterocycles. The number of urea groups is 1. The third kappa shape index (κ3) is 5.93. The minimum absolute atomic E-state index is 0.0786. The number of benzene rings is 2. The van der Waals surface area contributed by atoms with Crippen molar-refractivity contribution in [3.63, 3.8) is 0 Å². The standard InChI is InChI=1S/C34H37N5O3/c1-34(2,3)42-33(41)39-20-28(26-11-7-10-25(18-26)23-8-5-4-6-9-23)30(22-39)37-32(40)38-17-14-27-19-36-31(29(27)21-38)24-12-15-35-16-13-24/h4-13,15-16,18,28,30H,14,17,19-22H2,1-3H3,(H,37,40). The Morgan fingerprint density at radius 2 is 1.67 bits per heavy atom. The number of pyridine rings is 1. The predicted molar refractivity (Wildman–Crippen MR) is 164 cm³/mol. The van der Waals surface area contributed by atoms with Crippen molar-refractivity contribution in [1.29, 1.82) is 0 Å². The lowest BCUT2D eigenvalue weighted by Gasteiger charge is -2.31. The minimum Gasteiger partial charge on any atom is -0.444 e. The lowest BCUT2D eigenvalue weighted by molar-refractivity contribution is 0.0289. The molecule has 3 aromatic rings. The molecule has 4 heterocycles. The quantitative estimate of drug-likeness (QED) is 0.443. The van der Waals surface area contributed by atoms with E-state index in [-0.39, 0.29) is 24.1 Å². The Labute approximate surface area is 247 Å². The van der Waals surface area contributed by atoms with Gasteiger partial charge in [-0.05, 0) is 67.2 Å². The van der Waals surface area contributed by atoms with E-state index in [1.807, 2.05) is 62.1 Å². The molecular formula is C34H37N5O3. The van der Waals surface area contributed by atoms with Crippen LogP contribution in [0.3, 0.4) is 0 Å². The summed E-state index contributed by atoms with van der Waals surface area (Å²) in [5.74, 6) is -0.0786. The number of likely N-dealkylation sites (tertiary alicyclic amines) is 1. The molecule has 3 aliphatic rings. The second kappa shape index (κ2) is 11.4. The van der Waals surface area contributed by atoms with Gasteiger partial charge in [0.05, 0.1) is 18.3 Å². The highest BCUT2D eigenvalue weighted by Gasteiger charge is 2.40. The summed E-state index contributed by atoms with van der Waals surface area (Å²) in [5.41, 5.74) is 7.14. The zero-order valence-electron chi connectivity index (χ0n) is 24.4. The van der Waals surface area contributed by atoms with E-state index in [2.05, 4.69) is 40.6 Å². The topological polar surface area (TPSA) is 87.1 Å². The molecule has 3 amide bonds. The largest absolute Gasteiger partial charge is 0.444 e. The maximum atomic E-state index is 13.8. The van der Waals surface area contributed by atoms with Crippen LogP contribution in [-0.4, -0.2) is 77.0 Å². The van der Waals surface area contributed by atoms with Crippen molar-refractivity contribution in [3.05, 3.63) is 101 Å². The number of ether oxygens (including phenoxy) is 1. The molecule has 2 aromatic carbocycles. The average Bonchev–Trinajstić information content (AvgIpc) is 3.62. The van der Waals surface area contributed by atoms with Crippen molar-refractivity contribution in [1.82, 2.24) is 20.1 Å². The van der Waals surface area contributed by atoms with E-state index in [1.54, 1.807) is 17.3 Å². The molecule has 0 radical (unpaired) electrons. The molecule has 0 saturated carbocycles. The fraction of sp³-hybridized carbons (Fsp3) is 0.353. The summed E-state index contributed by atoms with van der Waals surface area (Å²) in [6.07, 6.45) is 3.98. The third-order valence-electron chi connectivity index (χ3n) is 8.12. The Morgan fingerprint density at radius 3 is 2.43 bits per heavy atom. The summed E-state index contributed by atoms with van der Waals surface area (Å²) >= 11 is 0. The number of nitrogens with one attached hydrogen (secondary N) is 1. The second-order valence-electron chi connectivity index (χ2n) is 12.2. The van der Waals surface area contributed by atoms with E-state index < -0.39 is 5.60 Å². The van der Waals surface area contributed by atoms with Crippen LogP contribution in [-0.2, 0) is 4.74 Å². The Kier molecular flexibility index (Phi) is 7.54. The van der Waals surface area contributed by atoms with Crippen LogP contribution >= 0.6 is 0 Å². The normalized spacial score (nSPS) is 20.3. The third-order valence-corrected chi connectivity index (χ3v) is 8.12. The summed E-state index contributed by atoms with van der Waals surface area (Å²) in [7, 11) is 0. The van der Waals surface area contributed by atoms with Crippen molar-refractivity contribution in [2.45, 2.75) is 44.8 Å². The van der Waals surface area contributed by atoms with E-state index in [4.69, 9.17) is 9.73 Å². The number of aliphatic imine (C=N–C) groups is 1. The second-order valence-corrected chi connectivity index (χ2v) is 12.2. The van der Waals surface area contributed by atoms with Gasteiger partial charge in [-0.15, -0.1) is 0 Å². The van der Waals surface area contributed by atoms with E-state index in [9.17, 15) is 9.59 Å². The van der Waals surface area contributed by atoms with E-state index in [0.717, 1.165) is 40.0 Å². The molecule has 1 N–H and O–H groups in total. The summed E-state index contributed by atoms with van der Waals surface area (Å²) in [6.45, 7) is 8.29. The van der Waals surface area contributed by atoms with Crippen LogP contribution in [0.5, 0.6) is 0 Å². The van der Waals surface area contributed by atoms with Crippen LogP contribution in [0.1, 0.15) is 44.2 Å². The molecule has 0 aliphatic carbocycles. The van der Waals surface area contributed by atoms with Gasteiger partial charge in [-0.1, -0.05) is 54.6 Å². The number of aromatic nitrogens is 1. The van der Waals surface area contributed by atoms with Crippen LogP contribution in [0.15, 0.2) is 95.3 Å². The first-order valence-corrected chi connectivity index (χ1v) is 14.6. The van der Waals surface area contributed by atoms with Crippen LogP contribution < -0.4 is 5.32 Å². The summed E-state index contributed by atoms with van der Waals surface area (Å²) in [5, 5.41) is 3.30. The highest BCUT2D eigenvalue weighted by Crippen LogP contribution is 2.33. The smallest absolute Gasteiger partial charge is 0.410 e. The highest BCUT2D eigenvalue weighted by molar-refractivity contribution is 6.15. The maximum Gasteiger partial charge on any atom is 0.410 e. The molecule has 8 heteroatoms. The minimum atomic E-state index is -0.601. The van der Waals surface area contributed by atoms with Crippen LogP contribution in [0.25, 0.3) is 11.1 Å². The molecular weight excluding hydrogens is 526 g/mol. The van der Waals surface area contributed by atoms with E-state index >= 15 is 0 Å². The molecule has 0 bridgehead atoms. The Balaban J connectivity index is 1.22. The fourth-order valence-corrected chi connectivity index (χ4v) is 6.03. The van der Waals surface area contributed by atoms with Gasteiger partial charge in [-0.2, -0.15) is 0 Å². The van der Waals surface area contributed by atoms with Gasteiger partial charge >= 0.3 is 12.1 Å². The number of carbonyl (C=O) groups excluding carboxylic acids is 2. The zero-order chi connectivity index (χ0) is 29.3. The first-order chi connectivity index (χ1) is 20.2. The van der Waals surface area contributed by atoms with Crippen LogP contribution in [0.2, 0.25) is 0 Å².